The van der Waals surface area contributed by atoms with Gasteiger partial charge in [-0.2, -0.15) is 0 Å². The zero-order valence-electron chi connectivity index (χ0n) is 76.8. The van der Waals surface area contributed by atoms with E-state index in [1.54, 1.807) is 437 Å². The second kappa shape index (κ2) is 40.3. The highest BCUT2D eigenvalue weighted by Gasteiger charge is 2.55. The lowest BCUT2D eigenvalue weighted by Gasteiger charge is -2.57. The van der Waals surface area contributed by atoms with Gasteiger partial charge in [0.1, 0.15) is 0 Å². The van der Waals surface area contributed by atoms with Crippen molar-refractivity contribution in [1.29, 1.82) is 0 Å². The standard InChI is InChI=1S/C22H36.C18H30.C17H28.2C12H20.C11H20.C10H18.C8H14.C5H8/c1-3-7-17-15(5-1)9-11-21-19(17)13-14-20-18-8-4-2-6-16(18)10-12-22(20)21;1-3-7-15-13(5-1)9-11-18-16-8-4-2-6-14(16)10-12-17(15)18;1-2-6-14-12(4-1)8-10-17-15-7-3-5-13(15)9-11-16(14)17;1-3-9-4-2-6-11-8-7-10(5-1)12(9)11;1-2-7-11-9(4-1)5-3-6-10-8-12(10)11;1-3-7-11(8-4-1)9-5-2-6-10-11;1-2-6-10(7-3-1)8-4-5-9-10;1-2-4-8(5-3-1)6-7-8;1-4-2-5(1)3-4/h15-22H,1-14H2;13-18H,1-12H2;12-17H,1-11H2;2*9-12H,1-8H2;1-10H2;1-9H2;1-7H2;4-5H,1-3H2. The zero-order chi connectivity index (χ0) is 76.8. The first-order valence-electron chi connectivity index (χ1n) is 56.9. The van der Waals surface area contributed by atoms with Gasteiger partial charge in [-0.1, -0.05) is 276 Å². The maximum atomic E-state index is 1.64. The van der Waals surface area contributed by atoms with Gasteiger partial charge in [0.2, 0.25) is 0 Å². The van der Waals surface area contributed by atoms with Gasteiger partial charge in [0.25, 0.3) is 0 Å². The first-order chi connectivity index (χ1) is 56.9. The Morgan fingerprint density at radius 2 is 0.278 bits per heavy atom. The van der Waals surface area contributed by atoms with Gasteiger partial charge < -0.3 is 0 Å². The molecule has 0 N–H and O–H groups in total. The third-order valence-corrected chi connectivity index (χ3v) is 45.4. The minimum atomic E-state index is 0.858. The highest BCUT2D eigenvalue weighted by Crippen LogP contribution is 2.65. The van der Waals surface area contributed by atoms with Crippen LogP contribution >= 0.6 is 0 Å². The molecular formula is C115H194. The van der Waals surface area contributed by atoms with Gasteiger partial charge in [0, 0.05) is 0 Å². The van der Waals surface area contributed by atoms with E-state index in [1.165, 1.54) is 214 Å². The summed E-state index contributed by atoms with van der Waals surface area (Å²) in [6, 6.07) is 0. The molecule has 0 aromatic carbocycles. The van der Waals surface area contributed by atoms with Crippen LogP contribution in [0.3, 0.4) is 0 Å². The Morgan fingerprint density at radius 3 is 0.557 bits per heavy atom. The third-order valence-electron chi connectivity index (χ3n) is 45.4. The molecule has 28 rings (SSSR count). The van der Waals surface area contributed by atoms with Crippen LogP contribution in [0, 0.1) is 194 Å². The molecular weight excluding hydrogens is 1380 g/mol. The molecule has 0 saturated heterocycles. The topological polar surface area (TPSA) is 0 Å². The fourth-order valence-electron chi connectivity index (χ4n) is 39.2. The van der Waals surface area contributed by atoms with Crippen molar-refractivity contribution in [3.63, 3.8) is 0 Å². The molecule has 2 bridgehead atoms. The van der Waals surface area contributed by atoms with Crippen LogP contribution in [0.2, 0.25) is 0 Å². The van der Waals surface area contributed by atoms with E-state index >= 15 is 0 Å². The Balaban J connectivity index is 0.0000000885. The SMILES string of the molecule is C1C2CC1C2.C1CC2CCCC3CCC(C1)C23.C1CCC2(CC1)CC2.C1CCC2(CC1)CCCC2.C1CCC2(CC1)CCCCC2.C1CCC2C(C1)CCC1C2CCC2C3CCCCC3CCC21.C1CCC2C(C1)CCC1C3CCCC3CCC21.C1CCC2C(C1)CCC1C3CCCCC3CCC21.C1CCC2C(C1)CCCC1CC12. The molecule has 0 heterocycles. The fourth-order valence-corrected chi connectivity index (χ4v) is 39.2. The molecule has 3 spiro atoms. The number of rotatable bonds is 0. The Labute approximate surface area is 715 Å². The lowest BCUT2D eigenvalue weighted by Crippen LogP contribution is -2.49. The van der Waals surface area contributed by atoms with E-state index in [9.17, 15) is 0 Å². The molecule has 28 saturated carbocycles. The maximum Gasteiger partial charge on any atom is -0.0297 e. The van der Waals surface area contributed by atoms with Gasteiger partial charge in [0.05, 0.1) is 0 Å². The van der Waals surface area contributed by atoms with Crippen molar-refractivity contribution in [2.75, 3.05) is 0 Å². The van der Waals surface area contributed by atoms with Gasteiger partial charge in [-0.25, -0.2) is 0 Å². The summed E-state index contributed by atoms with van der Waals surface area (Å²) in [6.07, 6.45) is 129. The molecule has 28 aliphatic carbocycles. The van der Waals surface area contributed by atoms with E-state index in [-0.39, 0.29) is 0 Å². The van der Waals surface area contributed by atoms with E-state index in [4.69, 9.17) is 0 Å². The van der Waals surface area contributed by atoms with Crippen LogP contribution in [0.25, 0.3) is 0 Å². The van der Waals surface area contributed by atoms with Gasteiger partial charge in [-0.15, -0.1) is 0 Å². The number of hydrogen-bond donors (Lipinski definition) is 0. The molecule has 28 fully saturated rings. The monoisotopic (exact) mass is 1580 g/mol. The molecule has 654 valence electrons. The van der Waals surface area contributed by atoms with Crippen LogP contribution in [0.4, 0.5) is 0 Å². The minimum Gasteiger partial charge on any atom is -0.0533 e. The molecule has 26 atom stereocenters. The van der Waals surface area contributed by atoms with E-state index < -0.39 is 0 Å². The van der Waals surface area contributed by atoms with Crippen molar-refractivity contribution in [3.05, 3.63) is 0 Å². The predicted molar refractivity (Wildman–Crippen MR) is 491 cm³/mol. The molecule has 0 heteroatoms. The fraction of sp³-hybridized carbons (Fsp3) is 1.00. The maximum absolute atomic E-state index is 1.64. The van der Waals surface area contributed by atoms with Crippen molar-refractivity contribution in [2.24, 2.45) is 194 Å². The smallest absolute Gasteiger partial charge is 0.0297 e. The third kappa shape index (κ3) is 20.2. The lowest BCUT2D eigenvalue weighted by molar-refractivity contribution is -0.0786. The minimum absolute atomic E-state index is 0.858. The molecule has 0 aromatic heterocycles. The predicted octanol–water partition coefficient (Wildman–Crippen LogP) is 35.7. The summed E-state index contributed by atoms with van der Waals surface area (Å²) in [4.78, 5) is 0. The Hall–Kier alpha value is 0. The van der Waals surface area contributed by atoms with E-state index in [2.05, 4.69) is 0 Å². The highest BCUT2D eigenvalue weighted by molar-refractivity contribution is 5.05. The Morgan fingerprint density at radius 1 is 0.104 bits per heavy atom. The number of hydrogen-bond acceptors (Lipinski definition) is 0. The molecule has 0 aromatic rings. The van der Waals surface area contributed by atoms with Crippen LogP contribution in [-0.4, -0.2) is 0 Å². The van der Waals surface area contributed by atoms with Gasteiger partial charge in [-0.05, 0) is 444 Å². The second-order valence-electron chi connectivity index (χ2n) is 50.7. The highest BCUT2D eigenvalue weighted by atomic mass is 14.6. The summed E-state index contributed by atoms with van der Waals surface area (Å²) in [5.74, 6) is 35.2. The van der Waals surface area contributed by atoms with Crippen molar-refractivity contribution in [1.82, 2.24) is 0 Å². The lowest BCUT2D eigenvalue weighted by atomic mass is 9.48. The Bertz CT molecular complexity index is 2710. The summed E-state index contributed by atoms with van der Waals surface area (Å²) in [7, 11) is 0. The van der Waals surface area contributed by atoms with Gasteiger partial charge in [0.15, 0.2) is 0 Å². The summed E-state index contributed by atoms with van der Waals surface area (Å²) in [5, 5.41) is 0. The van der Waals surface area contributed by atoms with Crippen LogP contribution in [0.1, 0.15) is 527 Å². The van der Waals surface area contributed by atoms with Crippen molar-refractivity contribution in [2.45, 2.75) is 527 Å². The summed E-state index contributed by atoms with van der Waals surface area (Å²) < 4.78 is 0. The molecule has 28 aliphatic rings. The normalized spacial score (nSPS) is 47.8. The summed E-state index contributed by atoms with van der Waals surface area (Å²) >= 11 is 0. The summed E-state index contributed by atoms with van der Waals surface area (Å²) in [6.45, 7) is 0. The summed E-state index contributed by atoms with van der Waals surface area (Å²) in [5.41, 5.74) is 2.66. The van der Waals surface area contributed by atoms with Crippen LogP contribution in [0.5, 0.6) is 0 Å². The molecule has 0 amide bonds. The van der Waals surface area contributed by atoms with Crippen molar-refractivity contribution in [3.8, 4) is 0 Å². The first-order valence-corrected chi connectivity index (χ1v) is 56.9. The largest absolute Gasteiger partial charge is 0.0533 e. The molecule has 115 heavy (non-hydrogen) atoms. The number of fused-ring (bicyclic) bond motifs is 20. The van der Waals surface area contributed by atoms with Gasteiger partial charge in [-0.3, -0.25) is 0 Å². The molecule has 26 unspecified atom stereocenters. The average molecular weight is 1580 g/mol. The van der Waals surface area contributed by atoms with E-state index in [0.717, 1.165) is 69.5 Å². The average Bonchev–Trinajstić information content (AvgIpc) is 1.69. The van der Waals surface area contributed by atoms with Gasteiger partial charge >= 0.3 is 0 Å². The quantitative estimate of drug-likeness (QED) is 0.227. The Kier molecular flexibility index (Phi) is 29.6. The molecule has 0 aliphatic heterocycles. The van der Waals surface area contributed by atoms with E-state index in [1.807, 2.05) is 0 Å². The van der Waals surface area contributed by atoms with Crippen molar-refractivity contribution < 1.29 is 0 Å². The van der Waals surface area contributed by atoms with E-state index in [0.29, 0.717) is 0 Å². The van der Waals surface area contributed by atoms with Crippen LogP contribution in [0.15, 0.2) is 0 Å². The second-order valence-corrected chi connectivity index (χ2v) is 50.7. The zero-order valence-corrected chi connectivity index (χ0v) is 76.8. The molecule has 0 radical (unpaired) electrons. The van der Waals surface area contributed by atoms with Crippen LogP contribution in [-0.2, 0) is 0 Å². The van der Waals surface area contributed by atoms with Crippen LogP contribution < -0.4 is 0 Å². The molecule has 0 nitrogen and oxygen atoms in total. The first kappa shape index (κ1) is 84.5. The van der Waals surface area contributed by atoms with Crippen molar-refractivity contribution >= 4 is 0 Å².